The highest BCUT2D eigenvalue weighted by atomic mass is 16.3. The summed E-state index contributed by atoms with van der Waals surface area (Å²) in [5.74, 6) is 0.407. The van der Waals surface area contributed by atoms with Crippen molar-refractivity contribution in [3.63, 3.8) is 0 Å². The van der Waals surface area contributed by atoms with Gasteiger partial charge in [-0.1, -0.05) is 39.0 Å². The maximum Gasteiger partial charge on any atom is 0.165 e. The van der Waals surface area contributed by atoms with E-state index in [1.54, 1.807) is 6.33 Å². The van der Waals surface area contributed by atoms with E-state index in [0.29, 0.717) is 17.8 Å². The van der Waals surface area contributed by atoms with Gasteiger partial charge in [0.1, 0.15) is 11.8 Å². The first-order valence-corrected chi connectivity index (χ1v) is 7.81. The normalized spacial score (nSPS) is 12.9. The van der Waals surface area contributed by atoms with Crippen LogP contribution in [0.3, 0.4) is 0 Å². The lowest BCUT2D eigenvalue weighted by molar-refractivity contribution is 0.251. The molecule has 1 atom stereocenters. The Hall–Kier alpha value is -1.69. The van der Waals surface area contributed by atoms with Crippen molar-refractivity contribution in [1.82, 2.24) is 19.5 Å². The molecule has 3 N–H and O–H groups in total. The fourth-order valence-corrected chi connectivity index (χ4v) is 2.69. The van der Waals surface area contributed by atoms with Crippen molar-refractivity contribution in [2.45, 2.75) is 57.9 Å². The molecule has 2 aromatic heterocycles. The number of fused-ring (bicyclic) bond motifs is 1. The molecule has 6 heteroatoms. The van der Waals surface area contributed by atoms with Gasteiger partial charge in [-0.15, -0.1) is 0 Å². The number of hydrogen-bond acceptors (Lipinski definition) is 5. The summed E-state index contributed by atoms with van der Waals surface area (Å²) in [5.41, 5.74) is 7.23. The number of unbranched alkanes of at least 4 members (excludes halogenated alkanes) is 4. The second-order valence-corrected chi connectivity index (χ2v) is 5.45. The van der Waals surface area contributed by atoms with E-state index in [9.17, 15) is 5.11 Å². The number of imidazole rings is 1. The summed E-state index contributed by atoms with van der Waals surface area (Å²) in [6, 6.07) is 0.218. The lowest BCUT2D eigenvalue weighted by Gasteiger charge is -2.18. The van der Waals surface area contributed by atoms with Gasteiger partial charge < -0.3 is 15.4 Å². The van der Waals surface area contributed by atoms with E-state index in [4.69, 9.17) is 5.73 Å². The molecule has 0 saturated carbocycles. The fourth-order valence-electron chi connectivity index (χ4n) is 2.69. The van der Waals surface area contributed by atoms with Gasteiger partial charge in [-0.25, -0.2) is 15.0 Å². The molecule has 0 aromatic carbocycles. The van der Waals surface area contributed by atoms with Crippen molar-refractivity contribution in [3.8, 4) is 0 Å². The van der Waals surface area contributed by atoms with Gasteiger partial charge in [0.2, 0.25) is 0 Å². The maximum absolute atomic E-state index is 9.31. The van der Waals surface area contributed by atoms with Gasteiger partial charge in [0.05, 0.1) is 6.33 Å². The van der Waals surface area contributed by atoms with Gasteiger partial charge in [0.15, 0.2) is 11.5 Å². The molecule has 0 bridgehead atoms. The fraction of sp³-hybridized carbons (Fsp3) is 0.667. The highest BCUT2D eigenvalue weighted by Gasteiger charge is 2.16. The number of aromatic nitrogens is 4. The minimum Gasteiger partial charge on any atom is -0.396 e. The predicted molar refractivity (Wildman–Crippen MR) is 83.9 cm³/mol. The van der Waals surface area contributed by atoms with Crippen LogP contribution in [-0.2, 0) is 0 Å². The predicted octanol–water partition coefficient (Wildman–Crippen LogP) is 2.69. The Morgan fingerprint density at radius 2 is 1.95 bits per heavy atom. The molecule has 0 spiro atoms. The van der Waals surface area contributed by atoms with Crippen molar-refractivity contribution in [1.29, 1.82) is 0 Å². The molecule has 6 nitrogen and oxygen atoms in total. The van der Waals surface area contributed by atoms with Gasteiger partial charge in [-0.3, -0.25) is 0 Å². The van der Waals surface area contributed by atoms with Crippen LogP contribution in [0.4, 0.5) is 5.82 Å². The molecule has 1 unspecified atom stereocenters. The number of nitrogens with zero attached hydrogens (tertiary/aromatic N) is 4. The Kier molecular flexibility index (Phi) is 5.92. The van der Waals surface area contributed by atoms with Gasteiger partial charge in [0.25, 0.3) is 0 Å². The van der Waals surface area contributed by atoms with Crippen LogP contribution in [0.5, 0.6) is 0 Å². The smallest absolute Gasteiger partial charge is 0.165 e. The van der Waals surface area contributed by atoms with Crippen LogP contribution in [0, 0.1) is 0 Å². The summed E-state index contributed by atoms with van der Waals surface area (Å²) in [6.07, 6.45) is 11.2. The highest BCUT2D eigenvalue weighted by Crippen LogP contribution is 2.25. The molecule has 0 amide bonds. The minimum absolute atomic E-state index is 0.167. The SMILES string of the molecule is CCCCCCCC(CCO)n1cnc2c(N)ncnc21. The lowest BCUT2D eigenvalue weighted by atomic mass is 10.0. The second kappa shape index (κ2) is 7.93. The molecule has 0 fully saturated rings. The van der Waals surface area contributed by atoms with Crippen LogP contribution in [0.25, 0.3) is 11.2 Å². The number of anilines is 1. The number of nitrogen functional groups attached to an aromatic ring is 1. The van der Waals surface area contributed by atoms with Crippen LogP contribution in [-0.4, -0.2) is 31.2 Å². The first-order chi connectivity index (χ1) is 10.3. The quantitative estimate of drug-likeness (QED) is 0.693. The average molecular weight is 291 g/mol. The largest absolute Gasteiger partial charge is 0.396 e. The van der Waals surface area contributed by atoms with Crippen molar-refractivity contribution < 1.29 is 5.11 Å². The second-order valence-electron chi connectivity index (χ2n) is 5.45. The Morgan fingerprint density at radius 3 is 2.71 bits per heavy atom. The zero-order valence-electron chi connectivity index (χ0n) is 12.7. The number of rotatable bonds is 9. The van der Waals surface area contributed by atoms with Gasteiger partial charge in [0, 0.05) is 12.6 Å². The van der Waals surface area contributed by atoms with E-state index >= 15 is 0 Å². The monoisotopic (exact) mass is 291 g/mol. The molecule has 0 radical (unpaired) electrons. The Labute approximate surface area is 125 Å². The molecular weight excluding hydrogens is 266 g/mol. The van der Waals surface area contributed by atoms with E-state index in [-0.39, 0.29) is 12.6 Å². The lowest BCUT2D eigenvalue weighted by Crippen LogP contribution is -2.11. The van der Waals surface area contributed by atoms with Crippen LogP contribution >= 0.6 is 0 Å². The van der Waals surface area contributed by atoms with Crippen molar-refractivity contribution in [2.75, 3.05) is 12.3 Å². The third-order valence-electron chi connectivity index (χ3n) is 3.88. The molecule has 2 heterocycles. The van der Waals surface area contributed by atoms with E-state index in [1.807, 2.05) is 4.57 Å². The summed E-state index contributed by atoms with van der Waals surface area (Å²) in [6.45, 7) is 2.39. The standard InChI is InChI=1S/C15H25N5O/c1-2-3-4-5-6-7-12(8-9-21)20-11-19-13-14(16)17-10-18-15(13)20/h10-12,21H,2-9H2,1H3,(H2,16,17,18). The molecule has 0 aliphatic carbocycles. The van der Waals surface area contributed by atoms with E-state index in [0.717, 1.165) is 18.5 Å². The molecular formula is C15H25N5O. The third kappa shape index (κ3) is 3.91. The number of nitrogens with two attached hydrogens (primary N) is 1. The molecule has 2 rings (SSSR count). The molecule has 116 valence electrons. The van der Waals surface area contributed by atoms with E-state index in [1.165, 1.54) is 32.0 Å². The van der Waals surface area contributed by atoms with Gasteiger partial charge in [-0.2, -0.15) is 0 Å². The summed E-state index contributed by atoms with van der Waals surface area (Å²) < 4.78 is 2.03. The van der Waals surface area contributed by atoms with E-state index < -0.39 is 0 Å². The average Bonchev–Trinajstić information content (AvgIpc) is 2.91. The Bertz CT molecular complexity index is 554. The Balaban J connectivity index is 2.07. The topological polar surface area (TPSA) is 89.8 Å². The van der Waals surface area contributed by atoms with Gasteiger partial charge in [-0.05, 0) is 12.8 Å². The summed E-state index contributed by atoms with van der Waals surface area (Å²) >= 11 is 0. The zero-order chi connectivity index (χ0) is 15.1. The van der Waals surface area contributed by atoms with Crippen LogP contribution in [0.15, 0.2) is 12.7 Å². The Morgan fingerprint density at radius 1 is 1.14 bits per heavy atom. The third-order valence-corrected chi connectivity index (χ3v) is 3.88. The highest BCUT2D eigenvalue weighted by molar-refractivity contribution is 5.81. The molecule has 0 aliphatic heterocycles. The van der Waals surface area contributed by atoms with E-state index in [2.05, 4.69) is 21.9 Å². The summed E-state index contributed by atoms with van der Waals surface area (Å²) in [4.78, 5) is 12.6. The molecule has 2 aromatic rings. The first-order valence-electron chi connectivity index (χ1n) is 7.81. The zero-order valence-corrected chi connectivity index (χ0v) is 12.7. The number of aliphatic hydroxyl groups excluding tert-OH is 1. The van der Waals surface area contributed by atoms with Crippen LogP contribution in [0.2, 0.25) is 0 Å². The number of aliphatic hydroxyl groups is 1. The molecule has 0 saturated heterocycles. The van der Waals surface area contributed by atoms with Crippen LogP contribution in [0.1, 0.15) is 57.9 Å². The van der Waals surface area contributed by atoms with Crippen molar-refractivity contribution in [2.24, 2.45) is 0 Å². The summed E-state index contributed by atoms with van der Waals surface area (Å²) in [5, 5.41) is 9.31. The molecule has 21 heavy (non-hydrogen) atoms. The maximum atomic E-state index is 9.31. The van der Waals surface area contributed by atoms with Crippen molar-refractivity contribution in [3.05, 3.63) is 12.7 Å². The van der Waals surface area contributed by atoms with Crippen LogP contribution < -0.4 is 5.73 Å². The van der Waals surface area contributed by atoms with Crippen molar-refractivity contribution >= 4 is 17.0 Å². The minimum atomic E-state index is 0.167. The number of hydrogen-bond donors (Lipinski definition) is 2. The first kappa shape index (κ1) is 15.7. The summed E-state index contributed by atoms with van der Waals surface area (Å²) in [7, 11) is 0. The molecule has 0 aliphatic rings. The van der Waals surface area contributed by atoms with Gasteiger partial charge >= 0.3 is 0 Å².